The number of hydrogen-bond acceptors (Lipinski definition) is 4. The van der Waals surface area contributed by atoms with Gasteiger partial charge in [0.2, 0.25) is 5.95 Å². The minimum Gasteiger partial charge on any atom is -0.366 e. The molecule has 3 N–H and O–H groups in total. The van der Waals surface area contributed by atoms with E-state index in [1.807, 2.05) is 12.1 Å². The van der Waals surface area contributed by atoms with Crippen LogP contribution in [0, 0.1) is 0 Å². The van der Waals surface area contributed by atoms with Gasteiger partial charge in [0.25, 0.3) is 5.91 Å². The number of imidazole rings is 1. The predicted octanol–water partition coefficient (Wildman–Crippen LogP) is 2.79. The van der Waals surface area contributed by atoms with Gasteiger partial charge in [0.05, 0.1) is 11.1 Å². The number of nitrogens with two attached hydrogens (primary N) is 1. The number of nitrogens with zero attached hydrogens (tertiary/aromatic N) is 3. The number of benzene rings is 2. The number of anilines is 1. The van der Waals surface area contributed by atoms with E-state index in [0.717, 1.165) is 55.1 Å². The molecule has 0 unspecified atom stereocenters. The van der Waals surface area contributed by atoms with Crippen LogP contribution in [0.2, 0.25) is 0 Å². The minimum absolute atomic E-state index is 0.448. The number of nitrogens with one attached hydrogen (secondary N) is 1. The van der Waals surface area contributed by atoms with Gasteiger partial charge >= 0.3 is 0 Å². The molecule has 6 nitrogen and oxygen atoms in total. The number of fused-ring (bicyclic) bond motifs is 1. The molecule has 1 fully saturated rings. The van der Waals surface area contributed by atoms with E-state index in [0.29, 0.717) is 11.1 Å². The number of rotatable bonds is 5. The van der Waals surface area contributed by atoms with E-state index in [9.17, 15) is 4.79 Å². The number of amides is 1. The third kappa shape index (κ3) is 3.99. The number of carbonyl (C=O) groups is 1. The van der Waals surface area contributed by atoms with Crippen molar-refractivity contribution in [2.45, 2.75) is 6.42 Å². The summed E-state index contributed by atoms with van der Waals surface area (Å²) in [7, 11) is 0. The van der Waals surface area contributed by atoms with Crippen LogP contribution in [0.4, 0.5) is 5.95 Å². The van der Waals surface area contributed by atoms with Gasteiger partial charge < -0.3 is 15.6 Å². The maximum Gasteiger partial charge on any atom is 0.250 e. The molecule has 1 aromatic heterocycles. The second-order valence-corrected chi connectivity index (χ2v) is 7.75. The van der Waals surface area contributed by atoms with E-state index in [-0.39, 0.29) is 0 Å². The Kier molecular flexibility index (Phi) is 5.13. The van der Waals surface area contributed by atoms with Crippen molar-refractivity contribution in [3.63, 3.8) is 0 Å². The quantitative estimate of drug-likeness (QED) is 0.655. The van der Waals surface area contributed by atoms with Crippen molar-refractivity contribution < 1.29 is 4.79 Å². The molecule has 0 saturated carbocycles. The number of halogens is 1. The molecule has 2 heterocycles. The van der Waals surface area contributed by atoms with Crippen molar-refractivity contribution in [1.29, 1.82) is 0 Å². The number of primary amides is 1. The topological polar surface area (TPSA) is 78.2 Å². The second kappa shape index (κ2) is 7.70. The van der Waals surface area contributed by atoms with Gasteiger partial charge in [0.15, 0.2) is 0 Å². The molecule has 2 aromatic carbocycles. The molecule has 1 aliphatic heterocycles. The van der Waals surface area contributed by atoms with E-state index in [4.69, 9.17) is 5.73 Å². The van der Waals surface area contributed by atoms with E-state index < -0.39 is 5.91 Å². The normalized spacial score (nSPS) is 15.4. The molecule has 3 aromatic rings. The largest absolute Gasteiger partial charge is 0.366 e. The summed E-state index contributed by atoms with van der Waals surface area (Å²) in [5.74, 6) is 0.364. The average Bonchev–Trinajstić information content (AvgIpc) is 3.12. The predicted molar refractivity (Wildman–Crippen MR) is 111 cm³/mol. The summed E-state index contributed by atoms with van der Waals surface area (Å²) in [6, 6.07) is 14.0. The van der Waals surface area contributed by atoms with E-state index in [2.05, 4.69) is 60.0 Å². The van der Waals surface area contributed by atoms with Crippen LogP contribution in [0.15, 0.2) is 46.9 Å². The zero-order chi connectivity index (χ0) is 18.8. The molecule has 0 radical (unpaired) electrons. The molecule has 0 bridgehead atoms. The zero-order valence-corrected chi connectivity index (χ0v) is 16.6. The summed E-state index contributed by atoms with van der Waals surface area (Å²) in [4.78, 5) is 24.3. The smallest absolute Gasteiger partial charge is 0.250 e. The zero-order valence-electron chi connectivity index (χ0n) is 15.0. The number of piperazine rings is 1. The van der Waals surface area contributed by atoms with Crippen molar-refractivity contribution in [3.8, 4) is 0 Å². The maximum absolute atomic E-state index is 11.6. The van der Waals surface area contributed by atoms with E-state index >= 15 is 0 Å². The van der Waals surface area contributed by atoms with Crippen LogP contribution in [-0.2, 0) is 6.42 Å². The lowest BCUT2D eigenvalue weighted by molar-refractivity contribution is 0.100. The van der Waals surface area contributed by atoms with Crippen LogP contribution in [0.1, 0.15) is 15.9 Å². The number of hydrogen-bond donors (Lipinski definition) is 2. The molecule has 7 heteroatoms. The summed E-state index contributed by atoms with van der Waals surface area (Å²) in [5.41, 5.74) is 8.78. The van der Waals surface area contributed by atoms with Gasteiger partial charge in [-0.05, 0) is 36.2 Å². The Bertz CT molecular complexity index is 945. The fourth-order valence-corrected chi connectivity index (χ4v) is 3.75. The van der Waals surface area contributed by atoms with Gasteiger partial charge in [-0.1, -0.05) is 34.1 Å². The first kappa shape index (κ1) is 18.0. The maximum atomic E-state index is 11.6. The van der Waals surface area contributed by atoms with Gasteiger partial charge in [-0.15, -0.1) is 0 Å². The Morgan fingerprint density at radius 3 is 2.56 bits per heavy atom. The third-order valence-electron chi connectivity index (χ3n) is 5.07. The summed E-state index contributed by atoms with van der Waals surface area (Å²) >= 11 is 3.48. The molecular formula is C20H22BrN5O. The van der Waals surface area contributed by atoms with Gasteiger partial charge in [-0.3, -0.25) is 9.69 Å². The van der Waals surface area contributed by atoms with Crippen molar-refractivity contribution in [2.75, 3.05) is 37.6 Å². The molecule has 1 aliphatic rings. The first-order valence-electron chi connectivity index (χ1n) is 9.10. The Balaban J connectivity index is 1.37. The van der Waals surface area contributed by atoms with Crippen molar-refractivity contribution in [2.24, 2.45) is 5.73 Å². The SMILES string of the molecule is NC(=O)c1cccc2[nH]c(N3CCN(CCc4ccc(Br)cc4)CC3)nc12. The van der Waals surface area contributed by atoms with Crippen molar-refractivity contribution in [3.05, 3.63) is 58.1 Å². The summed E-state index contributed by atoms with van der Waals surface area (Å²) in [6.45, 7) is 4.87. The van der Waals surface area contributed by atoms with E-state index in [1.54, 1.807) is 6.07 Å². The Morgan fingerprint density at radius 1 is 1.11 bits per heavy atom. The molecule has 0 atom stereocenters. The lowest BCUT2D eigenvalue weighted by Crippen LogP contribution is -2.47. The number of H-pyrrole nitrogens is 1. The fraction of sp³-hybridized carbons (Fsp3) is 0.300. The van der Waals surface area contributed by atoms with Gasteiger partial charge in [-0.25, -0.2) is 4.98 Å². The van der Waals surface area contributed by atoms with Crippen LogP contribution < -0.4 is 10.6 Å². The first-order valence-corrected chi connectivity index (χ1v) is 9.90. The summed E-state index contributed by atoms with van der Waals surface area (Å²) < 4.78 is 1.12. The van der Waals surface area contributed by atoms with E-state index in [1.165, 1.54) is 5.56 Å². The van der Waals surface area contributed by atoms with Crippen LogP contribution in [0.25, 0.3) is 11.0 Å². The van der Waals surface area contributed by atoms with Crippen LogP contribution in [0.5, 0.6) is 0 Å². The van der Waals surface area contributed by atoms with Crippen LogP contribution in [0.3, 0.4) is 0 Å². The average molecular weight is 428 g/mol. The standard InChI is InChI=1S/C20H22BrN5O/c21-15-6-4-14(5-7-15)8-9-25-10-12-26(13-11-25)20-23-17-3-1-2-16(19(22)27)18(17)24-20/h1-7H,8-13H2,(H2,22,27)(H,23,24). The number of aromatic nitrogens is 2. The monoisotopic (exact) mass is 427 g/mol. The highest BCUT2D eigenvalue weighted by Crippen LogP contribution is 2.21. The second-order valence-electron chi connectivity index (χ2n) is 6.83. The van der Waals surface area contributed by atoms with Crippen LogP contribution in [-0.4, -0.2) is 53.5 Å². The number of carbonyl (C=O) groups excluding carboxylic acids is 1. The highest BCUT2D eigenvalue weighted by atomic mass is 79.9. The van der Waals surface area contributed by atoms with Crippen molar-refractivity contribution in [1.82, 2.24) is 14.9 Å². The molecule has 0 aliphatic carbocycles. The van der Waals surface area contributed by atoms with Crippen molar-refractivity contribution >= 4 is 38.8 Å². The third-order valence-corrected chi connectivity index (χ3v) is 5.60. The molecule has 140 valence electrons. The number of aromatic amines is 1. The molecule has 0 spiro atoms. The Morgan fingerprint density at radius 2 is 1.85 bits per heavy atom. The number of para-hydroxylation sites is 1. The molecule has 1 saturated heterocycles. The molecule has 27 heavy (non-hydrogen) atoms. The fourth-order valence-electron chi connectivity index (χ4n) is 3.49. The highest BCUT2D eigenvalue weighted by molar-refractivity contribution is 9.10. The van der Waals surface area contributed by atoms with Gasteiger partial charge in [-0.2, -0.15) is 0 Å². The van der Waals surface area contributed by atoms with Gasteiger partial charge in [0.1, 0.15) is 5.52 Å². The molecular weight excluding hydrogens is 406 g/mol. The lowest BCUT2D eigenvalue weighted by Gasteiger charge is -2.34. The summed E-state index contributed by atoms with van der Waals surface area (Å²) in [5, 5.41) is 0. The first-order chi connectivity index (χ1) is 13.1. The summed E-state index contributed by atoms with van der Waals surface area (Å²) in [6.07, 6.45) is 1.06. The Hall–Kier alpha value is -2.38. The minimum atomic E-state index is -0.448. The highest BCUT2D eigenvalue weighted by Gasteiger charge is 2.20. The molecule has 4 rings (SSSR count). The molecule has 1 amide bonds. The van der Waals surface area contributed by atoms with Gasteiger partial charge in [0, 0.05) is 37.2 Å². The van der Waals surface area contributed by atoms with Crippen LogP contribution >= 0.6 is 15.9 Å². The Labute approximate surface area is 166 Å². The lowest BCUT2D eigenvalue weighted by atomic mass is 10.1.